The van der Waals surface area contributed by atoms with Gasteiger partial charge in [-0.25, -0.2) is 4.79 Å². The number of fused-ring (bicyclic) bond motifs is 1. The van der Waals surface area contributed by atoms with Crippen molar-refractivity contribution in [2.75, 3.05) is 25.4 Å². The number of rotatable bonds is 8. The highest BCUT2D eigenvalue weighted by atomic mass is 35.5. The number of aliphatic hydroxyl groups is 1. The minimum absolute atomic E-state index is 0.176. The summed E-state index contributed by atoms with van der Waals surface area (Å²) in [5.74, 6) is 0.259. The summed E-state index contributed by atoms with van der Waals surface area (Å²) in [7, 11) is 0. The average molecular weight is 543 g/mol. The number of piperidine rings is 1. The zero-order valence-corrected chi connectivity index (χ0v) is 22.9. The van der Waals surface area contributed by atoms with Gasteiger partial charge in [0.2, 0.25) is 0 Å². The van der Waals surface area contributed by atoms with E-state index in [0.29, 0.717) is 29.9 Å². The molecule has 0 saturated carbocycles. The van der Waals surface area contributed by atoms with Crippen LogP contribution in [0.25, 0.3) is 16.2 Å². The SMILES string of the molecule is C=C(C)C(=O)O.C=Cc1c(N)cccc1OCC(O)CN1CCC(c2cc3c(Cl)cccc3s2)C[C@@H]1C. The van der Waals surface area contributed by atoms with Crippen molar-refractivity contribution in [2.45, 2.75) is 44.8 Å². The zero-order chi connectivity index (χ0) is 27.1. The second-order valence-electron chi connectivity index (χ2n) is 9.38. The lowest BCUT2D eigenvalue weighted by Gasteiger charge is -2.38. The summed E-state index contributed by atoms with van der Waals surface area (Å²) in [6.07, 6.45) is 3.28. The molecule has 0 amide bonds. The third-order valence-corrected chi connectivity index (χ3v) is 8.08. The quantitative estimate of drug-likeness (QED) is 0.224. The van der Waals surface area contributed by atoms with Crippen molar-refractivity contribution in [2.24, 2.45) is 0 Å². The molecule has 198 valence electrons. The van der Waals surface area contributed by atoms with E-state index < -0.39 is 12.1 Å². The predicted molar refractivity (Wildman–Crippen MR) is 155 cm³/mol. The topological polar surface area (TPSA) is 96.0 Å². The summed E-state index contributed by atoms with van der Waals surface area (Å²) < 4.78 is 7.10. The Bertz CT molecular complexity index is 1250. The minimum atomic E-state index is -0.935. The Labute approximate surface area is 227 Å². The van der Waals surface area contributed by atoms with E-state index in [1.807, 2.05) is 41.7 Å². The Morgan fingerprint density at radius 3 is 2.68 bits per heavy atom. The number of halogens is 1. The smallest absolute Gasteiger partial charge is 0.330 e. The molecule has 1 aliphatic rings. The molecule has 6 nitrogen and oxygen atoms in total. The maximum absolute atomic E-state index is 10.6. The van der Waals surface area contributed by atoms with Crippen LogP contribution in [0, 0.1) is 0 Å². The van der Waals surface area contributed by atoms with E-state index in [1.165, 1.54) is 16.5 Å². The number of carbonyl (C=O) groups is 1. The molecule has 0 aliphatic carbocycles. The van der Waals surface area contributed by atoms with Gasteiger partial charge >= 0.3 is 5.97 Å². The van der Waals surface area contributed by atoms with Crippen molar-refractivity contribution in [3.05, 3.63) is 76.7 Å². The summed E-state index contributed by atoms with van der Waals surface area (Å²) >= 11 is 8.22. The lowest BCUT2D eigenvalue weighted by molar-refractivity contribution is -0.132. The maximum Gasteiger partial charge on any atom is 0.330 e. The van der Waals surface area contributed by atoms with Gasteiger partial charge in [0.25, 0.3) is 0 Å². The van der Waals surface area contributed by atoms with Gasteiger partial charge in [0.15, 0.2) is 0 Å². The second-order valence-corrected chi connectivity index (χ2v) is 10.9. The Hall–Kier alpha value is -2.84. The van der Waals surface area contributed by atoms with E-state index in [-0.39, 0.29) is 12.2 Å². The Morgan fingerprint density at radius 2 is 2.05 bits per heavy atom. The number of nitrogens with two attached hydrogens (primary N) is 1. The molecule has 1 aliphatic heterocycles. The fourth-order valence-corrected chi connectivity index (χ4v) is 5.93. The van der Waals surface area contributed by atoms with Crippen LogP contribution in [0.5, 0.6) is 5.75 Å². The molecule has 2 unspecified atom stereocenters. The van der Waals surface area contributed by atoms with E-state index in [1.54, 1.807) is 6.08 Å². The van der Waals surface area contributed by atoms with E-state index in [2.05, 4.69) is 37.1 Å². The van der Waals surface area contributed by atoms with Crippen molar-refractivity contribution >= 4 is 50.8 Å². The van der Waals surface area contributed by atoms with Crippen molar-refractivity contribution in [3.63, 3.8) is 0 Å². The molecule has 1 aromatic heterocycles. The summed E-state index contributed by atoms with van der Waals surface area (Å²) in [4.78, 5) is 13.4. The number of carboxylic acid groups (broad SMARTS) is 1. The fraction of sp³-hybridized carbons (Fsp3) is 0.345. The molecule has 37 heavy (non-hydrogen) atoms. The Kier molecular flexibility index (Phi) is 10.2. The Balaban J connectivity index is 0.000000568. The van der Waals surface area contributed by atoms with E-state index >= 15 is 0 Å². The molecule has 0 bridgehead atoms. The summed E-state index contributed by atoms with van der Waals surface area (Å²) in [6.45, 7) is 12.4. The first-order valence-corrected chi connectivity index (χ1v) is 13.4. The van der Waals surface area contributed by atoms with E-state index in [4.69, 9.17) is 27.2 Å². The number of aliphatic hydroxyl groups excluding tert-OH is 1. The molecule has 2 aromatic carbocycles. The standard InChI is InChI=1S/C25H29ClN2O2S.C4H6O2/c1-3-19-22(27)7-5-8-23(19)30-15-18(29)14-28-11-10-17(12-16(28)2)25-13-20-21(26)6-4-9-24(20)31-25;1-3(2)4(5)6/h3-9,13,16-18,29H,1,10-12,14-15,27H2,2H3;1H2,2H3,(H,5,6)/t16-,17?,18?;/m0./s1. The number of nitrogen functional groups attached to an aromatic ring is 1. The van der Waals surface area contributed by atoms with Crippen LogP contribution in [0.4, 0.5) is 5.69 Å². The van der Waals surface area contributed by atoms with Crippen molar-refractivity contribution < 1.29 is 19.7 Å². The number of aliphatic carboxylic acids is 1. The lowest BCUT2D eigenvalue weighted by Crippen LogP contribution is -2.45. The number of β-amino-alcohol motifs (C(OH)–C–C–N with tert-alkyl or cyclic N) is 1. The number of carboxylic acids is 1. The van der Waals surface area contributed by atoms with Gasteiger partial charge in [-0.1, -0.05) is 43.0 Å². The van der Waals surface area contributed by atoms with Crippen molar-refractivity contribution in [1.82, 2.24) is 4.90 Å². The van der Waals surface area contributed by atoms with Crippen LogP contribution in [0.1, 0.15) is 43.0 Å². The number of likely N-dealkylation sites (tertiary alicyclic amines) is 1. The predicted octanol–water partition coefficient (Wildman–Crippen LogP) is 6.43. The third kappa shape index (κ3) is 7.58. The molecule has 0 radical (unpaired) electrons. The zero-order valence-electron chi connectivity index (χ0n) is 21.3. The highest BCUT2D eigenvalue weighted by molar-refractivity contribution is 7.19. The second kappa shape index (κ2) is 13.1. The number of hydrogen-bond donors (Lipinski definition) is 3. The highest BCUT2D eigenvalue weighted by Gasteiger charge is 2.29. The van der Waals surface area contributed by atoms with Gasteiger partial charge in [0.1, 0.15) is 18.5 Å². The lowest BCUT2D eigenvalue weighted by atomic mass is 9.90. The number of anilines is 1. The molecule has 0 spiro atoms. The highest BCUT2D eigenvalue weighted by Crippen LogP contribution is 2.40. The van der Waals surface area contributed by atoms with Gasteiger partial charge in [-0.3, -0.25) is 4.90 Å². The van der Waals surface area contributed by atoms with Gasteiger partial charge in [-0.05, 0) is 69.5 Å². The normalized spacial score (nSPS) is 18.5. The van der Waals surface area contributed by atoms with E-state index in [9.17, 15) is 9.90 Å². The van der Waals surface area contributed by atoms with Gasteiger partial charge in [0.05, 0.1) is 0 Å². The van der Waals surface area contributed by atoms with Crippen LogP contribution in [0.15, 0.2) is 61.2 Å². The summed E-state index contributed by atoms with van der Waals surface area (Å²) in [6, 6.07) is 14.3. The number of benzene rings is 2. The van der Waals surface area contributed by atoms with Crippen LogP contribution in [0.3, 0.4) is 0 Å². The van der Waals surface area contributed by atoms with Crippen LogP contribution >= 0.6 is 22.9 Å². The van der Waals surface area contributed by atoms with Crippen molar-refractivity contribution in [3.8, 4) is 5.75 Å². The number of ether oxygens (including phenoxy) is 1. The van der Waals surface area contributed by atoms with Gasteiger partial charge in [-0.2, -0.15) is 0 Å². The number of hydrogen-bond acceptors (Lipinski definition) is 6. The van der Waals surface area contributed by atoms with Gasteiger partial charge in [0, 0.05) is 49.4 Å². The molecule has 4 rings (SSSR count). The number of nitrogens with zero attached hydrogens (tertiary/aromatic N) is 1. The maximum atomic E-state index is 10.6. The molecule has 8 heteroatoms. The molecule has 3 atom stereocenters. The van der Waals surface area contributed by atoms with Gasteiger partial charge < -0.3 is 20.7 Å². The Morgan fingerprint density at radius 1 is 1.35 bits per heavy atom. The molecule has 4 N–H and O–H groups in total. The van der Waals surface area contributed by atoms with Crippen LogP contribution in [-0.2, 0) is 4.79 Å². The van der Waals surface area contributed by atoms with Crippen LogP contribution in [-0.4, -0.2) is 52.9 Å². The largest absolute Gasteiger partial charge is 0.490 e. The first-order valence-electron chi connectivity index (χ1n) is 12.2. The first kappa shape index (κ1) is 28.7. The molecule has 3 aromatic rings. The molecular formula is C29H35ClN2O4S. The molecule has 1 fully saturated rings. The number of thiophene rings is 1. The molecule has 2 heterocycles. The fourth-order valence-electron chi connectivity index (χ4n) is 4.41. The van der Waals surface area contributed by atoms with Crippen LogP contribution in [0.2, 0.25) is 5.02 Å². The summed E-state index contributed by atoms with van der Waals surface area (Å²) in [5, 5.41) is 20.5. The molecular weight excluding hydrogens is 508 g/mol. The van der Waals surface area contributed by atoms with Crippen molar-refractivity contribution in [1.29, 1.82) is 0 Å². The third-order valence-electron chi connectivity index (χ3n) is 6.49. The summed E-state index contributed by atoms with van der Waals surface area (Å²) in [5.41, 5.74) is 7.54. The average Bonchev–Trinajstić information content (AvgIpc) is 3.30. The first-order chi connectivity index (χ1) is 17.6. The van der Waals surface area contributed by atoms with Crippen LogP contribution < -0.4 is 10.5 Å². The molecule has 1 saturated heterocycles. The monoisotopic (exact) mass is 542 g/mol. The minimum Gasteiger partial charge on any atom is -0.490 e. The van der Waals surface area contributed by atoms with E-state index in [0.717, 1.165) is 35.4 Å². The van der Waals surface area contributed by atoms with Gasteiger partial charge in [-0.15, -0.1) is 11.3 Å².